The van der Waals surface area contributed by atoms with Gasteiger partial charge in [0.25, 0.3) is 5.91 Å². The number of nitrogens with zero attached hydrogens (tertiary/aromatic N) is 3. The van der Waals surface area contributed by atoms with Crippen LogP contribution in [0, 0.1) is 0 Å². The Morgan fingerprint density at radius 3 is 2.54 bits per heavy atom. The van der Waals surface area contributed by atoms with Crippen molar-refractivity contribution in [2.24, 2.45) is 7.05 Å². The van der Waals surface area contributed by atoms with Gasteiger partial charge in [0.05, 0.1) is 6.33 Å². The summed E-state index contributed by atoms with van der Waals surface area (Å²) in [4.78, 5) is 18.1. The molecule has 0 atom stereocenters. The van der Waals surface area contributed by atoms with E-state index in [1.807, 2.05) is 0 Å². The van der Waals surface area contributed by atoms with Crippen LogP contribution in [-0.2, 0) is 7.05 Å². The van der Waals surface area contributed by atoms with Gasteiger partial charge in [0.2, 0.25) is 0 Å². The van der Waals surface area contributed by atoms with E-state index in [0.717, 1.165) is 0 Å². The number of rotatable bonds is 4. The lowest BCUT2D eigenvalue weighted by atomic mass is 10.1. The van der Waals surface area contributed by atoms with Gasteiger partial charge < -0.3 is 18.9 Å². The predicted octanol–water partition coefficient (Wildman–Crippen LogP) is 3.00. The Kier molecular flexibility index (Phi) is 5.06. The maximum atomic E-state index is 12.3. The van der Waals surface area contributed by atoms with Gasteiger partial charge >= 0.3 is 6.36 Å². The van der Waals surface area contributed by atoms with Crippen molar-refractivity contribution >= 4 is 5.91 Å². The molecular formula is C17H18F3N3O3. The highest BCUT2D eigenvalue weighted by molar-refractivity contribution is 5.92. The third-order valence-electron chi connectivity index (χ3n) is 4.00. The third kappa shape index (κ3) is 4.68. The fourth-order valence-electron chi connectivity index (χ4n) is 2.80. The summed E-state index contributed by atoms with van der Waals surface area (Å²) in [5.74, 6) is -0.149. The summed E-state index contributed by atoms with van der Waals surface area (Å²) in [5.41, 5.74) is 0.392. The van der Waals surface area contributed by atoms with E-state index in [-0.39, 0.29) is 17.8 Å². The molecule has 0 spiro atoms. The second kappa shape index (κ2) is 7.27. The maximum absolute atomic E-state index is 12.3. The first-order chi connectivity index (χ1) is 12.3. The molecule has 0 bridgehead atoms. The van der Waals surface area contributed by atoms with Gasteiger partial charge in [-0.2, -0.15) is 0 Å². The lowest BCUT2D eigenvalue weighted by Gasteiger charge is -2.31. The number of amides is 1. The molecule has 1 saturated heterocycles. The maximum Gasteiger partial charge on any atom is 0.573 e. The molecule has 1 aliphatic rings. The Hall–Kier alpha value is -2.71. The minimum Gasteiger partial charge on any atom is -0.490 e. The van der Waals surface area contributed by atoms with Crippen LogP contribution in [0.25, 0.3) is 0 Å². The zero-order valence-electron chi connectivity index (χ0n) is 14.1. The highest BCUT2D eigenvalue weighted by atomic mass is 19.4. The van der Waals surface area contributed by atoms with Crippen LogP contribution in [0.2, 0.25) is 0 Å². The summed E-state index contributed by atoms with van der Waals surface area (Å²) in [6.45, 7) is 0.998. The average Bonchev–Trinajstić information content (AvgIpc) is 3.00. The molecule has 3 rings (SSSR count). The molecule has 0 N–H and O–H groups in total. The quantitative estimate of drug-likeness (QED) is 0.831. The van der Waals surface area contributed by atoms with Gasteiger partial charge in [-0.05, 0) is 12.1 Å². The molecule has 0 saturated carbocycles. The van der Waals surface area contributed by atoms with Crippen LogP contribution in [0.1, 0.15) is 23.3 Å². The van der Waals surface area contributed by atoms with Crippen LogP contribution >= 0.6 is 0 Å². The molecule has 26 heavy (non-hydrogen) atoms. The lowest BCUT2D eigenvalue weighted by molar-refractivity contribution is -0.274. The number of aromatic nitrogens is 2. The number of ether oxygens (including phenoxy) is 2. The molecule has 1 aromatic carbocycles. The molecule has 1 fully saturated rings. The fourth-order valence-corrected chi connectivity index (χ4v) is 2.80. The number of imidazole rings is 1. The number of hydrogen-bond donors (Lipinski definition) is 0. The minimum absolute atomic E-state index is 0.135. The zero-order chi connectivity index (χ0) is 18.7. The van der Waals surface area contributed by atoms with Crippen LogP contribution < -0.4 is 9.47 Å². The molecule has 1 aliphatic heterocycles. The fraction of sp³-hybridized carbons (Fsp3) is 0.412. The van der Waals surface area contributed by atoms with Crippen molar-refractivity contribution in [3.63, 3.8) is 0 Å². The normalized spacial score (nSPS) is 15.8. The van der Waals surface area contributed by atoms with Crippen LogP contribution in [-0.4, -0.2) is 45.9 Å². The van der Waals surface area contributed by atoms with Crippen molar-refractivity contribution in [1.82, 2.24) is 14.5 Å². The molecule has 9 heteroatoms. The largest absolute Gasteiger partial charge is 0.573 e. The summed E-state index contributed by atoms with van der Waals surface area (Å²) in [5, 5.41) is 0. The van der Waals surface area contributed by atoms with Crippen molar-refractivity contribution in [3.8, 4) is 11.5 Å². The van der Waals surface area contributed by atoms with Crippen LogP contribution in [0.15, 0.2) is 36.8 Å². The van der Waals surface area contributed by atoms with E-state index in [2.05, 4.69) is 9.72 Å². The minimum atomic E-state index is -4.74. The second-order valence-electron chi connectivity index (χ2n) is 6.06. The van der Waals surface area contributed by atoms with E-state index in [9.17, 15) is 18.0 Å². The highest BCUT2D eigenvalue weighted by Gasteiger charge is 2.31. The molecule has 6 nitrogen and oxygen atoms in total. The molecule has 0 unspecified atom stereocenters. The number of likely N-dealkylation sites (tertiary alicyclic amines) is 1. The van der Waals surface area contributed by atoms with E-state index >= 15 is 0 Å². The lowest BCUT2D eigenvalue weighted by Crippen LogP contribution is -2.41. The van der Waals surface area contributed by atoms with Crippen LogP contribution in [0.4, 0.5) is 13.2 Å². The summed E-state index contributed by atoms with van der Waals surface area (Å²) in [6, 6.07) is 5.44. The summed E-state index contributed by atoms with van der Waals surface area (Å²) < 4.78 is 48.2. The molecule has 0 aliphatic carbocycles. The molecule has 140 valence electrons. The first-order valence-electron chi connectivity index (χ1n) is 8.10. The Bertz CT molecular complexity index is 768. The first-order valence-corrected chi connectivity index (χ1v) is 8.10. The summed E-state index contributed by atoms with van der Waals surface area (Å²) in [6.07, 6.45) is -0.512. The van der Waals surface area contributed by atoms with E-state index in [1.165, 1.54) is 18.2 Å². The standard InChI is InChI=1S/C17H18F3N3O3/c1-22-10-15(21-11-22)16(24)23-7-5-12(6-8-23)25-13-3-2-4-14(9-13)26-17(18,19)20/h2-4,9-12H,5-8H2,1H3. The number of benzene rings is 1. The van der Waals surface area contributed by atoms with Crippen LogP contribution in [0.3, 0.4) is 0 Å². The number of alkyl halides is 3. The molecule has 2 heterocycles. The number of piperidine rings is 1. The van der Waals surface area contributed by atoms with E-state index in [4.69, 9.17) is 4.74 Å². The topological polar surface area (TPSA) is 56.6 Å². The van der Waals surface area contributed by atoms with Crippen LogP contribution in [0.5, 0.6) is 11.5 Å². The second-order valence-corrected chi connectivity index (χ2v) is 6.06. The van der Waals surface area contributed by atoms with Gasteiger partial charge in [0.1, 0.15) is 23.3 Å². The van der Waals surface area contributed by atoms with Gasteiger partial charge in [-0.25, -0.2) is 4.98 Å². The Balaban J connectivity index is 1.54. The van der Waals surface area contributed by atoms with Crippen molar-refractivity contribution < 1.29 is 27.4 Å². The average molecular weight is 369 g/mol. The summed E-state index contributed by atoms with van der Waals surface area (Å²) in [7, 11) is 1.79. The zero-order valence-corrected chi connectivity index (χ0v) is 14.1. The van der Waals surface area contributed by atoms with E-state index in [1.54, 1.807) is 35.1 Å². The Morgan fingerprint density at radius 1 is 1.23 bits per heavy atom. The predicted molar refractivity (Wildman–Crippen MR) is 85.9 cm³/mol. The number of carbonyl (C=O) groups is 1. The number of carbonyl (C=O) groups excluding carboxylic acids is 1. The molecular weight excluding hydrogens is 351 g/mol. The summed E-state index contributed by atoms with van der Waals surface area (Å²) >= 11 is 0. The third-order valence-corrected chi connectivity index (χ3v) is 4.00. The van der Waals surface area contributed by atoms with Gasteiger partial charge in [-0.3, -0.25) is 4.79 Å². The number of aryl methyl sites for hydroxylation is 1. The monoisotopic (exact) mass is 369 g/mol. The van der Waals surface area contributed by atoms with E-state index < -0.39 is 6.36 Å². The smallest absolute Gasteiger partial charge is 0.490 e. The molecule has 1 amide bonds. The van der Waals surface area contributed by atoms with Crippen molar-refractivity contribution in [2.75, 3.05) is 13.1 Å². The SMILES string of the molecule is Cn1cnc(C(=O)N2CCC(Oc3cccc(OC(F)(F)F)c3)CC2)c1. The van der Waals surface area contributed by atoms with Gasteiger partial charge in [0, 0.05) is 45.2 Å². The number of hydrogen-bond acceptors (Lipinski definition) is 4. The van der Waals surface area contributed by atoms with Gasteiger partial charge in [0.15, 0.2) is 0 Å². The van der Waals surface area contributed by atoms with E-state index in [0.29, 0.717) is 37.4 Å². The van der Waals surface area contributed by atoms with Gasteiger partial charge in [-0.15, -0.1) is 13.2 Å². The molecule has 2 aromatic rings. The molecule has 1 aromatic heterocycles. The van der Waals surface area contributed by atoms with Crippen molar-refractivity contribution in [3.05, 3.63) is 42.5 Å². The number of halogens is 3. The molecule has 0 radical (unpaired) electrons. The Labute approximate surface area is 148 Å². The van der Waals surface area contributed by atoms with Crippen molar-refractivity contribution in [2.45, 2.75) is 25.3 Å². The first kappa shape index (κ1) is 18.1. The highest BCUT2D eigenvalue weighted by Crippen LogP contribution is 2.27. The Morgan fingerprint density at radius 2 is 1.92 bits per heavy atom. The van der Waals surface area contributed by atoms with Gasteiger partial charge in [-0.1, -0.05) is 6.07 Å². The van der Waals surface area contributed by atoms with Crippen molar-refractivity contribution in [1.29, 1.82) is 0 Å².